The van der Waals surface area contributed by atoms with E-state index in [0.29, 0.717) is 6.42 Å². The van der Waals surface area contributed by atoms with Crippen molar-refractivity contribution in [1.82, 2.24) is 4.98 Å². The van der Waals surface area contributed by atoms with Crippen molar-refractivity contribution in [3.05, 3.63) is 40.3 Å². The van der Waals surface area contributed by atoms with E-state index in [0.717, 1.165) is 17.8 Å². The molecule has 21 heavy (non-hydrogen) atoms. The second-order valence-corrected chi connectivity index (χ2v) is 5.43. The fraction of sp³-hybridized carbons (Fsp3) is 0.231. The van der Waals surface area contributed by atoms with E-state index < -0.39 is 22.0 Å². The maximum Gasteiger partial charge on any atom is 0.316 e. The second kappa shape index (κ2) is 6.04. The highest BCUT2D eigenvalue weighted by Crippen LogP contribution is 2.37. The molecule has 0 spiro atoms. The lowest BCUT2D eigenvalue weighted by Crippen LogP contribution is -2.15. The Hall–Kier alpha value is -2.22. The minimum absolute atomic E-state index is 0.0189. The highest BCUT2D eigenvalue weighted by molar-refractivity contribution is 8.00. The number of thioether (sulfide) groups is 1. The zero-order valence-corrected chi connectivity index (χ0v) is 11.8. The minimum atomic E-state index is -1.07. The Morgan fingerprint density at radius 2 is 2.33 bits per heavy atom. The molecule has 1 aromatic heterocycles. The van der Waals surface area contributed by atoms with Crippen LogP contribution in [0.3, 0.4) is 0 Å². The molecule has 8 heteroatoms. The molecule has 1 atom stereocenters. The second-order valence-electron chi connectivity index (χ2n) is 4.22. The van der Waals surface area contributed by atoms with E-state index in [-0.39, 0.29) is 21.5 Å². The number of nitro groups is 1. The SMILES string of the molecule is CCC(Sc1c(F)cc([N+](=O)[O-])c2cccnc12)C(=O)O. The van der Waals surface area contributed by atoms with Crippen molar-refractivity contribution < 1.29 is 19.2 Å². The van der Waals surface area contributed by atoms with Crippen molar-refractivity contribution in [3.63, 3.8) is 0 Å². The number of halogens is 1. The van der Waals surface area contributed by atoms with E-state index in [1.165, 1.54) is 18.3 Å². The summed E-state index contributed by atoms with van der Waals surface area (Å²) in [5, 5.41) is 19.4. The average Bonchev–Trinajstić information content (AvgIpc) is 2.45. The number of benzene rings is 1. The molecular formula is C13H11FN2O4S. The largest absolute Gasteiger partial charge is 0.480 e. The maximum atomic E-state index is 14.1. The quantitative estimate of drug-likeness (QED) is 0.517. The molecule has 1 N–H and O–H groups in total. The Morgan fingerprint density at radius 1 is 1.62 bits per heavy atom. The van der Waals surface area contributed by atoms with E-state index in [4.69, 9.17) is 5.11 Å². The number of aliphatic carboxylic acids is 1. The van der Waals surface area contributed by atoms with Crippen molar-refractivity contribution in [2.75, 3.05) is 0 Å². The van der Waals surface area contributed by atoms with Crippen LogP contribution < -0.4 is 0 Å². The van der Waals surface area contributed by atoms with Gasteiger partial charge >= 0.3 is 5.97 Å². The number of carboxylic acid groups (broad SMARTS) is 1. The number of hydrogen-bond acceptors (Lipinski definition) is 5. The maximum absolute atomic E-state index is 14.1. The van der Waals surface area contributed by atoms with Crippen molar-refractivity contribution in [2.24, 2.45) is 0 Å². The van der Waals surface area contributed by atoms with Crippen LogP contribution in [0.2, 0.25) is 0 Å². The molecule has 0 saturated heterocycles. The predicted octanol–water partition coefficient (Wildman–Crippen LogP) is 3.24. The smallest absolute Gasteiger partial charge is 0.316 e. The van der Waals surface area contributed by atoms with Gasteiger partial charge in [-0.05, 0) is 18.6 Å². The lowest BCUT2D eigenvalue weighted by atomic mass is 10.2. The normalized spacial score (nSPS) is 12.3. The molecule has 0 saturated carbocycles. The zero-order valence-electron chi connectivity index (χ0n) is 10.9. The number of pyridine rings is 1. The first-order valence-electron chi connectivity index (χ1n) is 6.06. The first-order valence-corrected chi connectivity index (χ1v) is 6.94. The summed E-state index contributed by atoms with van der Waals surface area (Å²) in [5.74, 6) is -1.90. The molecule has 0 aliphatic rings. The molecule has 1 unspecified atom stereocenters. The molecule has 2 aromatic rings. The Kier molecular flexibility index (Phi) is 4.37. The molecule has 0 fully saturated rings. The summed E-state index contributed by atoms with van der Waals surface area (Å²) >= 11 is 0.814. The fourth-order valence-electron chi connectivity index (χ4n) is 1.88. The van der Waals surface area contributed by atoms with Gasteiger partial charge in [0.2, 0.25) is 0 Å². The Bertz CT molecular complexity index is 723. The van der Waals surface area contributed by atoms with Crippen LogP contribution in [0.4, 0.5) is 10.1 Å². The van der Waals surface area contributed by atoms with Crippen LogP contribution in [0.15, 0.2) is 29.3 Å². The van der Waals surface area contributed by atoms with E-state index in [9.17, 15) is 19.3 Å². The van der Waals surface area contributed by atoms with Crippen molar-refractivity contribution in [2.45, 2.75) is 23.5 Å². The molecule has 0 amide bonds. The first-order chi connectivity index (χ1) is 9.95. The fourth-order valence-corrected chi connectivity index (χ4v) is 2.88. The third-order valence-corrected chi connectivity index (χ3v) is 4.33. The van der Waals surface area contributed by atoms with E-state index in [1.807, 2.05) is 0 Å². The van der Waals surface area contributed by atoms with Gasteiger partial charge in [-0.2, -0.15) is 0 Å². The zero-order chi connectivity index (χ0) is 15.6. The molecule has 110 valence electrons. The Balaban J connectivity index is 2.64. The summed E-state index contributed by atoms with van der Waals surface area (Å²) in [7, 11) is 0. The number of non-ortho nitro benzene ring substituents is 1. The lowest BCUT2D eigenvalue weighted by molar-refractivity contribution is -0.383. The number of carbonyl (C=O) groups is 1. The topological polar surface area (TPSA) is 93.3 Å². The van der Waals surface area contributed by atoms with E-state index in [2.05, 4.69) is 4.98 Å². The summed E-state index contributed by atoms with van der Waals surface area (Å²) in [4.78, 5) is 25.4. The van der Waals surface area contributed by atoms with Gasteiger partial charge in [-0.1, -0.05) is 6.92 Å². The van der Waals surface area contributed by atoms with Crippen LogP contribution in [0.5, 0.6) is 0 Å². The van der Waals surface area contributed by atoms with Crippen LogP contribution >= 0.6 is 11.8 Å². The molecule has 1 heterocycles. The predicted molar refractivity (Wildman–Crippen MR) is 75.9 cm³/mol. The van der Waals surface area contributed by atoms with Crippen molar-refractivity contribution in [3.8, 4) is 0 Å². The highest BCUT2D eigenvalue weighted by Gasteiger charge is 2.24. The van der Waals surface area contributed by atoms with Crippen LogP contribution in [0.25, 0.3) is 10.9 Å². The van der Waals surface area contributed by atoms with E-state index >= 15 is 0 Å². The summed E-state index contributed by atoms with van der Waals surface area (Å²) < 4.78 is 14.1. The highest BCUT2D eigenvalue weighted by atomic mass is 32.2. The number of nitrogens with zero attached hydrogens (tertiary/aromatic N) is 2. The van der Waals surface area contributed by atoms with Gasteiger partial charge < -0.3 is 5.11 Å². The molecule has 0 aliphatic heterocycles. The monoisotopic (exact) mass is 310 g/mol. The summed E-state index contributed by atoms with van der Waals surface area (Å²) in [6.45, 7) is 1.67. The van der Waals surface area contributed by atoms with Gasteiger partial charge in [0.15, 0.2) is 0 Å². The van der Waals surface area contributed by atoms with Crippen molar-refractivity contribution >= 4 is 34.3 Å². The number of aromatic nitrogens is 1. The molecule has 6 nitrogen and oxygen atoms in total. The van der Waals surface area contributed by atoms with Gasteiger partial charge in [0, 0.05) is 6.20 Å². The molecule has 0 radical (unpaired) electrons. The van der Waals surface area contributed by atoms with Crippen LogP contribution in [0.1, 0.15) is 13.3 Å². The number of nitro benzene ring substituents is 1. The standard InChI is InChI=1S/C13H11FN2O4S/c1-2-10(13(17)18)21-12-8(14)6-9(16(19)20)7-4-3-5-15-11(7)12/h3-6,10H,2H2,1H3,(H,17,18). The number of hydrogen-bond donors (Lipinski definition) is 1. The molecule has 2 rings (SSSR count). The van der Waals surface area contributed by atoms with Gasteiger partial charge in [0.25, 0.3) is 5.69 Å². The summed E-state index contributed by atoms with van der Waals surface area (Å²) in [5.41, 5.74) is -0.280. The minimum Gasteiger partial charge on any atom is -0.480 e. The van der Waals surface area contributed by atoms with Gasteiger partial charge in [0.05, 0.1) is 26.8 Å². The molecule has 1 aromatic carbocycles. The summed E-state index contributed by atoms with van der Waals surface area (Å²) in [6.07, 6.45) is 1.68. The van der Waals surface area contributed by atoms with Crippen LogP contribution in [-0.2, 0) is 4.79 Å². The Labute approximate surface area is 123 Å². The van der Waals surface area contributed by atoms with Gasteiger partial charge in [-0.3, -0.25) is 19.9 Å². The lowest BCUT2D eigenvalue weighted by Gasteiger charge is -2.12. The van der Waals surface area contributed by atoms with Gasteiger partial charge in [-0.15, -0.1) is 11.8 Å². The Morgan fingerprint density at radius 3 is 2.90 bits per heavy atom. The van der Waals surface area contributed by atoms with Gasteiger partial charge in [-0.25, -0.2) is 4.39 Å². The molecule has 0 bridgehead atoms. The van der Waals surface area contributed by atoms with Crippen molar-refractivity contribution in [1.29, 1.82) is 0 Å². The number of rotatable bonds is 5. The average molecular weight is 310 g/mol. The van der Waals surface area contributed by atoms with E-state index in [1.54, 1.807) is 6.92 Å². The third kappa shape index (κ3) is 2.94. The summed E-state index contributed by atoms with van der Waals surface area (Å²) in [6, 6.07) is 3.78. The third-order valence-electron chi connectivity index (χ3n) is 2.88. The van der Waals surface area contributed by atoms with Crippen LogP contribution in [-0.4, -0.2) is 26.2 Å². The van der Waals surface area contributed by atoms with Gasteiger partial charge in [0.1, 0.15) is 11.1 Å². The first kappa shape index (κ1) is 15.2. The van der Waals surface area contributed by atoms with Crippen LogP contribution in [0, 0.1) is 15.9 Å². The molecule has 0 aliphatic carbocycles. The molecular weight excluding hydrogens is 299 g/mol. The number of carboxylic acids is 1. The number of fused-ring (bicyclic) bond motifs is 1.